The maximum Gasteiger partial charge on any atom is 0.137 e. The minimum Gasteiger partial charge on any atom is -0.388 e. The molecular formula is C14H24ClN3O. The molecule has 4 nitrogen and oxygen atoms in total. The van der Waals surface area contributed by atoms with E-state index >= 15 is 0 Å². The molecule has 1 aromatic rings. The van der Waals surface area contributed by atoms with Gasteiger partial charge in [0.05, 0.1) is 11.1 Å². The third kappa shape index (κ3) is 3.57. The summed E-state index contributed by atoms with van der Waals surface area (Å²) in [5.74, 6) is 1.57. The monoisotopic (exact) mass is 285 g/mol. The van der Waals surface area contributed by atoms with E-state index < -0.39 is 11.1 Å². The van der Waals surface area contributed by atoms with Gasteiger partial charge < -0.3 is 10.4 Å². The van der Waals surface area contributed by atoms with E-state index in [0.29, 0.717) is 16.8 Å². The molecule has 1 heterocycles. The first-order valence-corrected chi connectivity index (χ1v) is 6.88. The second kappa shape index (κ2) is 5.25. The fraction of sp³-hybridized carbons (Fsp3) is 0.714. The summed E-state index contributed by atoms with van der Waals surface area (Å²) < 4.78 is 0. The first kappa shape index (κ1) is 16.2. The number of anilines is 1. The molecule has 19 heavy (non-hydrogen) atoms. The molecule has 0 fully saturated rings. The highest BCUT2D eigenvalue weighted by Gasteiger charge is 2.35. The average Bonchev–Trinajstić information content (AvgIpc) is 2.22. The van der Waals surface area contributed by atoms with Gasteiger partial charge in [0.2, 0.25) is 0 Å². The van der Waals surface area contributed by atoms with Crippen LogP contribution >= 0.6 is 11.6 Å². The Bertz CT molecular complexity index is 464. The zero-order chi connectivity index (χ0) is 15.0. The highest BCUT2D eigenvalue weighted by Crippen LogP contribution is 2.29. The summed E-state index contributed by atoms with van der Waals surface area (Å²) in [5, 5.41) is 13.9. The van der Waals surface area contributed by atoms with Crippen molar-refractivity contribution >= 4 is 17.4 Å². The van der Waals surface area contributed by atoms with E-state index in [2.05, 4.69) is 15.3 Å². The summed E-state index contributed by atoms with van der Waals surface area (Å²) in [6, 6.07) is 0. The number of hydrogen-bond acceptors (Lipinski definition) is 4. The molecule has 1 rings (SSSR count). The molecule has 0 saturated heterocycles. The average molecular weight is 286 g/mol. The van der Waals surface area contributed by atoms with Crippen molar-refractivity contribution in [1.82, 2.24) is 9.97 Å². The Hall–Kier alpha value is -0.870. The predicted octanol–water partition coefficient (Wildman–Crippen LogP) is 3.52. The molecule has 0 aliphatic carbocycles. The lowest BCUT2D eigenvalue weighted by Crippen LogP contribution is -2.51. The van der Waals surface area contributed by atoms with Crippen molar-refractivity contribution in [3.05, 3.63) is 16.5 Å². The van der Waals surface area contributed by atoms with Gasteiger partial charge in [-0.3, -0.25) is 0 Å². The van der Waals surface area contributed by atoms with Crippen molar-refractivity contribution in [3.63, 3.8) is 0 Å². The van der Waals surface area contributed by atoms with Crippen LogP contribution in [-0.4, -0.2) is 26.2 Å². The fourth-order valence-electron chi connectivity index (χ4n) is 1.33. The summed E-state index contributed by atoms with van der Waals surface area (Å²) in [7, 11) is 0. The number of rotatable bonds is 4. The molecule has 0 unspecified atom stereocenters. The van der Waals surface area contributed by atoms with Crippen LogP contribution in [0.4, 0.5) is 5.82 Å². The molecule has 0 atom stereocenters. The van der Waals surface area contributed by atoms with E-state index in [4.69, 9.17) is 11.6 Å². The third-order valence-corrected chi connectivity index (χ3v) is 3.95. The number of halogens is 1. The highest BCUT2D eigenvalue weighted by molar-refractivity contribution is 6.30. The molecule has 0 aromatic carbocycles. The zero-order valence-corrected chi connectivity index (χ0v) is 13.6. The summed E-state index contributed by atoms with van der Waals surface area (Å²) in [6.45, 7) is 13.3. The van der Waals surface area contributed by atoms with Crippen LogP contribution in [0.25, 0.3) is 0 Å². The quantitative estimate of drug-likeness (QED) is 0.831. The maximum atomic E-state index is 10.2. The van der Waals surface area contributed by atoms with Crippen molar-refractivity contribution in [2.24, 2.45) is 0 Å². The van der Waals surface area contributed by atoms with Gasteiger partial charge in [0, 0.05) is 11.5 Å². The molecule has 0 aliphatic rings. The first-order chi connectivity index (χ1) is 8.45. The lowest BCUT2D eigenvalue weighted by molar-refractivity contribution is 0.0238. The Morgan fingerprint density at radius 1 is 1.16 bits per heavy atom. The summed E-state index contributed by atoms with van der Waals surface area (Å²) >= 11 is 6.15. The van der Waals surface area contributed by atoms with Crippen LogP contribution in [0.3, 0.4) is 0 Å². The third-order valence-electron chi connectivity index (χ3n) is 3.58. The van der Waals surface area contributed by atoms with Crippen molar-refractivity contribution in [1.29, 1.82) is 0 Å². The summed E-state index contributed by atoms with van der Waals surface area (Å²) in [4.78, 5) is 8.79. The van der Waals surface area contributed by atoms with Crippen LogP contribution in [0.15, 0.2) is 0 Å². The van der Waals surface area contributed by atoms with Crippen LogP contribution in [0, 0.1) is 6.92 Å². The molecule has 108 valence electrons. The molecule has 0 spiro atoms. The van der Waals surface area contributed by atoms with Gasteiger partial charge in [-0.1, -0.05) is 25.4 Å². The summed E-state index contributed by atoms with van der Waals surface area (Å²) in [5.41, 5.74) is -0.637. The number of aromatic nitrogens is 2. The normalized spacial score (nSPS) is 12.9. The molecule has 2 N–H and O–H groups in total. The molecule has 0 amide bonds. The van der Waals surface area contributed by atoms with Gasteiger partial charge in [0.1, 0.15) is 16.8 Å². The largest absolute Gasteiger partial charge is 0.388 e. The lowest BCUT2D eigenvalue weighted by atomic mass is 9.86. The van der Waals surface area contributed by atoms with Gasteiger partial charge >= 0.3 is 0 Å². The summed E-state index contributed by atoms with van der Waals surface area (Å²) in [6.07, 6.45) is 0. The van der Waals surface area contributed by atoms with E-state index in [1.54, 1.807) is 13.8 Å². The molecule has 0 radical (unpaired) electrons. The van der Waals surface area contributed by atoms with Crippen LogP contribution in [0.1, 0.15) is 58.8 Å². The van der Waals surface area contributed by atoms with Crippen molar-refractivity contribution < 1.29 is 5.11 Å². The number of hydrogen-bond donors (Lipinski definition) is 2. The predicted molar refractivity (Wildman–Crippen MR) is 79.9 cm³/mol. The van der Waals surface area contributed by atoms with Crippen molar-refractivity contribution in [2.75, 3.05) is 5.32 Å². The van der Waals surface area contributed by atoms with E-state index in [-0.39, 0.29) is 5.92 Å². The van der Waals surface area contributed by atoms with Gasteiger partial charge in [-0.15, -0.1) is 0 Å². The molecule has 5 heteroatoms. The minimum atomic E-state index is -0.894. The Morgan fingerprint density at radius 3 is 2.11 bits per heavy atom. The van der Waals surface area contributed by atoms with E-state index in [1.807, 2.05) is 34.6 Å². The molecule has 0 aliphatic heterocycles. The van der Waals surface area contributed by atoms with Crippen molar-refractivity contribution in [3.8, 4) is 0 Å². The molecule has 0 saturated carbocycles. The first-order valence-electron chi connectivity index (χ1n) is 6.50. The van der Waals surface area contributed by atoms with E-state index in [9.17, 15) is 5.11 Å². The Balaban J connectivity index is 3.21. The van der Waals surface area contributed by atoms with Gasteiger partial charge in [-0.2, -0.15) is 0 Å². The van der Waals surface area contributed by atoms with Crippen LogP contribution in [0.2, 0.25) is 5.15 Å². The Labute approximate surface area is 120 Å². The second-order valence-electron chi connectivity index (χ2n) is 6.31. The number of nitrogens with one attached hydrogen (secondary N) is 1. The topological polar surface area (TPSA) is 58.0 Å². The number of aliphatic hydroxyl groups is 1. The maximum absolute atomic E-state index is 10.2. The minimum absolute atomic E-state index is 0.198. The van der Waals surface area contributed by atoms with Gasteiger partial charge in [0.15, 0.2) is 0 Å². The van der Waals surface area contributed by atoms with Gasteiger partial charge in [0.25, 0.3) is 0 Å². The SMILES string of the molecule is Cc1c(Cl)nc(C(C)C)nc1NC(C)(C)C(C)(C)O. The van der Waals surface area contributed by atoms with E-state index in [1.165, 1.54) is 0 Å². The van der Waals surface area contributed by atoms with Gasteiger partial charge in [-0.05, 0) is 34.6 Å². The standard InChI is InChI=1S/C14H24ClN3O/c1-8(2)11-16-10(15)9(3)12(17-11)18-13(4,5)14(6,7)19/h8,19H,1-7H3,(H,16,17,18). The second-order valence-corrected chi connectivity index (χ2v) is 6.67. The molecule has 0 bridgehead atoms. The smallest absolute Gasteiger partial charge is 0.137 e. The highest BCUT2D eigenvalue weighted by atomic mass is 35.5. The molecule has 1 aromatic heterocycles. The Morgan fingerprint density at radius 2 is 1.68 bits per heavy atom. The van der Waals surface area contributed by atoms with Crippen LogP contribution in [0.5, 0.6) is 0 Å². The van der Waals surface area contributed by atoms with E-state index in [0.717, 1.165) is 5.56 Å². The number of nitrogens with zero attached hydrogens (tertiary/aromatic N) is 2. The fourth-order valence-corrected chi connectivity index (χ4v) is 1.51. The Kier molecular flexibility index (Phi) is 4.47. The molecular weight excluding hydrogens is 262 g/mol. The van der Waals surface area contributed by atoms with Gasteiger partial charge in [-0.25, -0.2) is 9.97 Å². The van der Waals surface area contributed by atoms with Crippen molar-refractivity contribution in [2.45, 2.75) is 65.5 Å². The van der Waals surface area contributed by atoms with Crippen LogP contribution < -0.4 is 5.32 Å². The zero-order valence-electron chi connectivity index (χ0n) is 12.8. The van der Waals surface area contributed by atoms with Crippen LogP contribution in [-0.2, 0) is 0 Å². The lowest BCUT2D eigenvalue weighted by Gasteiger charge is -2.38.